The summed E-state index contributed by atoms with van der Waals surface area (Å²) in [6, 6.07) is 2.46. The number of hydrogen-bond acceptors (Lipinski definition) is 3. The van der Waals surface area contributed by atoms with Gasteiger partial charge in [0.1, 0.15) is 6.04 Å². The lowest BCUT2D eigenvalue weighted by molar-refractivity contribution is 0.161. The molecule has 2 N–H and O–H groups in total. The van der Waals surface area contributed by atoms with Gasteiger partial charge in [-0.3, -0.25) is 4.90 Å². The van der Waals surface area contributed by atoms with Gasteiger partial charge in [0.05, 0.1) is 6.07 Å². The second-order valence-corrected chi connectivity index (χ2v) is 4.11. The Balaban J connectivity index is 2.40. The summed E-state index contributed by atoms with van der Waals surface area (Å²) in [5.41, 5.74) is 5.65. The zero-order chi connectivity index (χ0) is 10.4. The van der Waals surface area contributed by atoms with Gasteiger partial charge in [-0.15, -0.1) is 0 Å². The summed E-state index contributed by atoms with van der Waals surface area (Å²) in [5.74, 6) is 0. The van der Waals surface area contributed by atoms with Crippen molar-refractivity contribution in [1.29, 1.82) is 5.26 Å². The standard InChI is InChI=1S/C11H21N3/c1-2-14(9-10(13)8-12)11-6-4-3-5-7-11/h10-11H,2-7,9,13H2,1H3. The molecule has 0 radical (unpaired) electrons. The Morgan fingerprint density at radius 2 is 2.07 bits per heavy atom. The van der Waals surface area contributed by atoms with Gasteiger partial charge in [-0.2, -0.15) is 5.26 Å². The van der Waals surface area contributed by atoms with Crippen LogP contribution >= 0.6 is 0 Å². The maximum Gasteiger partial charge on any atom is 0.106 e. The van der Waals surface area contributed by atoms with Gasteiger partial charge in [0.15, 0.2) is 0 Å². The highest BCUT2D eigenvalue weighted by Crippen LogP contribution is 2.22. The minimum Gasteiger partial charge on any atom is -0.315 e. The molecule has 0 bridgehead atoms. The highest BCUT2D eigenvalue weighted by Gasteiger charge is 2.20. The van der Waals surface area contributed by atoms with Crippen LogP contribution in [0.5, 0.6) is 0 Å². The van der Waals surface area contributed by atoms with E-state index in [9.17, 15) is 0 Å². The summed E-state index contributed by atoms with van der Waals surface area (Å²) >= 11 is 0. The molecule has 0 aromatic heterocycles. The van der Waals surface area contributed by atoms with E-state index in [2.05, 4.69) is 17.9 Å². The molecule has 0 amide bonds. The van der Waals surface area contributed by atoms with E-state index in [0.29, 0.717) is 6.04 Å². The molecule has 0 aromatic carbocycles. The molecule has 0 saturated heterocycles. The number of rotatable bonds is 4. The van der Waals surface area contributed by atoms with Gasteiger partial charge in [0, 0.05) is 12.6 Å². The van der Waals surface area contributed by atoms with E-state index in [-0.39, 0.29) is 6.04 Å². The van der Waals surface area contributed by atoms with Crippen LogP contribution in [-0.4, -0.2) is 30.1 Å². The van der Waals surface area contributed by atoms with Gasteiger partial charge >= 0.3 is 0 Å². The van der Waals surface area contributed by atoms with Crippen molar-refractivity contribution >= 4 is 0 Å². The number of nitrogens with zero attached hydrogens (tertiary/aromatic N) is 2. The predicted octanol–water partition coefficient (Wildman–Crippen LogP) is 1.49. The highest BCUT2D eigenvalue weighted by atomic mass is 15.2. The molecule has 3 heteroatoms. The Hall–Kier alpha value is -0.590. The lowest BCUT2D eigenvalue weighted by Gasteiger charge is -2.33. The van der Waals surface area contributed by atoms with E-state index in [1.165, 1.54) is 32.1 Å². The van der Waals surface area contributed by atoms with Gasteiger partial charge in [0.2, 0.25) is 0 Å². The van der Waals surface area contributed by atoms with Crippen LogP contribution in [0.2, 0.25) is 0 Å². The van der Waals surface area contributed by atoms with Gasteiger partial charge in [-0.1, -0.05) is 26.2 Å². The number of likely N-dealkylation sites (N-methyl/N-ethyl adjacent to an activating group) is 1. The van der Waals surface area contributed by atoms with Crippen LogP contribution in [0.1, 0.15) is 39.0 Å². The Kier molecular flexibility index (Phi) is 4.92. The summed E-state index contributed by atoms with van der Waals surface area (Å²) in [6.07, 6.45) is 6.61. The van der Waals surface area contributed by atoms with Crippen molar-refractivity contribution < 1.29 is 0 Å². The van der Waals surface area contributed by atoms with E-state index in [0.717, 1.165) is 13.1 Å². The molecule has 0 aliphatic heterocycles. The average molecular weight is 195 g/mol. The lowest BCUT2D eigenvalue weighted by Crippen LogP contribution is -2.43. The van der Waals surface area contributed by atoms with Crippen molar-refractivity contribution in [2.24, 2.45) is 5.73 Å². The van der Waals surface area contributed by atoms with Crippen molar-refractivity contribution in [1.82, 2.24) is 4.90 Å². The fourth-order valence-electron chi connectivity index (χ4n) is 2.28. The van der Waals surface area contributed by atoms with E-state index in [1.807, 2.05) is 0 Å². The molecule has 1 aliphatic rings. The van der Waals surface area contributed by atoms with Crippen LogP contribution in [0.4, 0.5) is 0 Å². The molecule has 1 saturated carbocycles. The van der Waals surface area contributed by atoms with Crippen molar-refractivity contribution in [3.8, 4) is 6.07 Å². The molecule has 1 aliphatic carbocycles. The Labute approximate surface area is 86.9 Å². The molecule has 0 aromatic rings. The van der Waals surface area contributed by atoms with Gasteiger partial charge in [-0.25, -0.2) is 0 Å². The molecule has 1 fully saturated rings. The first-order valence-electron chi connectivity index (χ1n) is 5.67. The van der Waals surface area contributed by atoms with Gasteiger partial charge in [0.25, 0.3) is 0 Å². The Morgan fingerprint density at radius 1 is 1.43 bits per heavy atom. The quantitative estimate of drug-likeness (QED) is 0.739. The number of nitrogens with two attached hydrogens (primary N) is 1. The molecular weight excluding hydrogens is 174 g/mol. The topological polar surface area (TPSA) is 53.0 Å². The fraction of sp³-hybridized carbons (Fsp3) is 0.909. The van der Waals surface area contributed by atoms with Crippen LogP contribution < -0.4 is 5.73 Å². The number of hydrogen-bond donors (Lipinski definition) is 1. The van der Waals surface area contributed by atoms with E-state index in [1.54, 1.807) is 0 Å². The molecule has 1 unspecified atom stereocenters. The fourth-order valence-corrected chi connectivity index (χ4v) is 2.28. The summed E-state index contributed by atoms with van der Waals surface area (Å²) in [4.78, 5) is 2.37. The van der Waals surface area contributed by atoms with E-state index < -0.39 is 0 Å². The molecule has 14 heavy (non-hydrogen) atoms. The second-order valence-electron chi connectivity index (χ2n) is 4.11. The molecule has 3 nitrogen and oxygen atoms in total. The summed E-state index contributed by atoms with van der Waals surface area (Å²) in [6.45, 7) is 3.90. The summed E-state index contributed by atoms with van der Waals surface area (Å²) in [5, 5.41) is 8.68. The maximum absolute atomic E-state index is 8.68. The van der Waals surface area contributed by atoms with Crippen LogP contribution in [0.15, 0.2) is 0 Å². The van der Waals surface area contributed by atoms with Crippen LogP contribution in [0.3, 0.4) is 0 Å². The Bertz CT molecular complexity index is 191. The third-order valence-electron chi connectivity index (χ3n) is 3.09. The van der Waals surface area contributed by atoms with Crippen molar-refractivity contribution in [2.75, 3.05) is 13.1 Å². The molecule has 80 valence electrons. The zero-order valence-corrected chi connectivity index (χ0v) is 9.08. The summed E-state index contributed by atoms with van der Waals surface area (Å²) < 4.78 is 0. The smallest absolute Gasteiger partial charge is 0.106 e. The minimum atomic E-state index is -0.322. The summed E-state index contributed by atoms with van der Waals surface area (Å²) in [7, 11) is 0. The first-order chi connectivity index (χ1) is 6.77. The largest absolute Gasteiger partial charge is 0.315 e. The SMILES string of the molecule is CCN(CC(N)C#N)C1CCCCC1. The Morgan fingerprint density at radius 3 is 2.57 bits per heavy atom. The van der Waals surface area contributed by atoms with Gasteiger partial charge in [-0.05, 0) is 19.4 Å². The number of nitriles is 1. The van der Waals surface area contributed by atoms with Crippen molar-refractivity contribution in [3.05, 3.63) is 0 Å². The first kappa shape index (κ1) is 11.5. The zero-order valence-electron chi connectivity index (χ0n) is 9.08. The van der Waals surface area contributed by atoms with E-state index >= 15 is 0 Å². The average Bonchev–Trinajstić information content (AvgIpc) is 2.26. The molecule has 0 spiro atoms. The maximum atomic E-state index is 8.68. The van der Waals surface area contributed by atoms with Crippen molar-refractivity contribution in [2.45, 2.75) is 51.1 Å². The highest BCUT2D eigenvalue weighted by molar-refractivity contribution is 4.90. The monoisotopic (exact) mass is 195 g/mol. The molecule has 0 heterocycles. The van der Waals surface area contributed by atoms with Crippen LogP contribution in [0, 0.1) is 11.3 Å². The second kappa shape index (κ2) is 6.00. The third-order valence-corrected chi connectivity index (χ3v) is 3.09. The third kappa shape index (κ3) is 3.28. The predicted molar refractivity (Wildman–Crippen MR) is 57.7 cm³/mol. The molecular formula is C11H21N3. The lowest BCUT2D eigenvalue weighted by atomic mass is 9.94. The first-order valence-corrected chi connectivity index (χ1v) is 5.67. The van der Waals surface area contributed by atoms with Crippen LogP contribution in [0.25, 0.3) is 0 Å². The normalized spacial score (nSPS) is 20.7. The van der Waals surface area contributed by atoms with Gasteiger partial charge < -0.3 is 5.73 Å². The van der Waals surface area contributed by atoms with Crippen LogP contribution in [-0.2, 0) is 0 Å². The van der Waals surface area contributed by atoms with E-state index in [4.69, 9.17) is 11.0 Å². The molecule has 1 rings (SSSR count). The molecule has 1 atom stereocenters. The minimum absolute atomic E-state index is 0.322. The van der Waals surface area contributed by atoms with Crippen molar-refractivity contribution in [3.63, 3.8) is 0 Å².